The van der Waals surface area contributed by atoms with Crippen LogP contribution in [0.15, 0.2) is 23.1 Å². The molecule has 0 atom stereocenters. The SMILES string of the molecule is Cc1ccc(CN)cc1S(=O)(=O)NCCN(C)C1CC1. The zero-order valence-electron chi connectivity index (χ0n) is 12.1. The van der Waals surface area contributed by atoms with Crippen LogP contribution in [0.2, 0.25) is 0 Å². The minimum absolute atomic E-state index is 0.328. The van der Waals surface area contributed by atoms with Gasteiger partial charge in [-0.15, -0.1) is 0 Å². The van der Waals surface area contributed by atoms with Gasteiger partial charge in [0.15, 0.2) is 0 Å². The molecule has 1 aromatic rings. The highest BCUT2D eigenvalue weighted by Gasteiger charge is 2.26. The molecule has 112 valence electrons. The number of sulfonamides is 1. The van der Waals surface area contributed by atoms with Crippen molar-refractivity contribution in [2.45, 2.75) is 37.2 Å². The molecule has 1 aliphatic carbocycles. The van der Waals surface area contributed by atoms with Gasteiger partial charge in [-0.25, -0.2) is 13.1 Å². The number of hydrogen-bond donors (Lipinski definition) is 2. The highest BCUT2D eigenvalue weighted by molar-refractivity contribution is 7.89. The third-order valence-electron chi connectivity index (χ3n) is 3.70. The van der Waals surface area contributed by atoms with Crippen molar-refractivity contribution in [3.05, 3.63) is 29.3 Å². The summed E-state index contributed by atoms with van der Waals surface area (Å²) in [5.41, 5.74) is 7.14. The number of hydrogen-bond acceptors (Lipinski definition) is 4. The van der Waals surface area contributed by atoms with Crippen LogP contribution < -0.4 is 10.5 Å². The zero-order valence-corrected chi connectivity index (χ0v) is 12.9. The van der Waals surface area contributed by atoms with Gasteiger partial charge < -0.3 is 10.6 Å². The van der Waals surface area contributed by atoms with Gasteiger partial charge in [-0.2, -0.15) is 0 Å². The molecule has 20 heavy (non-hydrogen) atoms. The first-order valence-electron chi connectivity index (χ1n) is 6.93. The molecular formula is C14H23N3O2S. The number of rotatable bonds is 7. The fourth-order valence-corrected chi connectivity index (χ4v) is 3.51. The lowest BCUT2D eigenvalue weighted by Crippen LogP contribution is -2.34. The first kappa shape index (κ1) is 15.4. The maximum Gasteiger partial charge on any atom is 0.240 e. The van der Waals surface area contributed by atoms with Gasteiger partial charge in [0.25, 0.3) is 0 Å². The smallest absolute Gasteiger partial charge is 0.240 e. The number of benzene rings is 1. The lowest BCUT2D eigenvalue weighted by Gasteiger charge is -2.16. The Bertz CT molecular complexity index is 568. The van der Waals surface area contributed by atoms with E-state index in [1.54, 1.807) is 19.1 Å². The second-order valence-corrected chi connectivity index (χ2v) is 7.15. The second-order valence-electron chi connectivity index (χ2n) is 5.41. The van der Waals surface area contributed by atoms with E-state index in [1.165, 1.54) is 12.8 Å². The number of likely N-dealkylation sites (N-methyl/N-ethyl adjacent to an activating group) is 1. The van der Waals surface area contributed by atoms with Crippen molar-refractivity contribution in [1.82, 2.24) is 9.62 Å². The molecule has 0 heterocycles. The summed E-state index contributed by atoms with van der Waals surface area (Å²) in [5.74, 6) is 0. The van der Waals surface area contributed by atoms with Crippen LogP contribution >= 0.6 is 0 Å². The van der Waals surface area contributed by atoms with E-state index >= 15 is 0 Å². The molecule has 6 heteroatoms. The van der Waals surface area contributed by atoms with Crippen LogP contribution in [0, 0.1) is 6.92 Å². The van der Waals surface area contributed by atoms with Gasteiger partial charge in [0, 0.05) is 25.7 Å². The van der Waals surface area contributed by atoms with Gasteiger partial charge in [0.2, 0.25) is 10.0 Å². The third kappa shape index (κ3) is 3.79. The predicted molar refractivity (Wildman–Crippen MR) is 79.9 cm³/mol. The van der Waals surface area contributed by atoms with Crippen molar-refractivity contribution >= 4 is 10.0 Å². The first-order valence-corrected chi connectivity index (χ1v) is 8.42. The molecule has 3 N–H and O–H groups in total. The van der Waals surface area contributed by atoms with E-state index in [2.05, 4.69) is 9.62 Å². The van der Waals surface area contributed by atoms with Gasteiger partial charge in [0.1, 0.15) is 0 Å². The van der Waals surface area contributed by atoms with Crippen molar-refractivity contribution in [2.24, 2.45) is 5.73 Å². The van der Waals surface area contributed by atoms with Crippen LogP contribution in [0.1, 0.15) is 24.0 Å². The Morgan fingerprint density at radius 2 is 2.10 bits per heavy atom. The molecule has 0 unspecified atom stereocenters. The average molecular weight is 297 g/mol. The van der Waals surface area contributed by atoms with E-state index in [4.69, 9.17) is 5.73 Å². The van der Waals surface area contributed by atoms with E-state index in [0.29, 0.717) is 24.0 Å². The molecular weight excluding hydrogens is 274 g/mol. The number of aryl methyl sites for hydroxylation is 1. The Morgan fingerprint density at radius 1 is 1.40 bits per heavy atom. The van der Waals surface area contributed by atoms with Crippen molar-refractivity contribution in [3.8, 4) is 0 Å². The summed E-state index contributed by atoms with van der Waals surface area (Å²) in [6.07, 6.45) is 2.45. The Labute approximate surface area is 121 Å². The molecule has 0 radical (unpaired) electrons. The monoisotopic (exact) mass is 297 g/mol. The van der Waals surface area contributed by atoms with Gasteiger partial charge >= 0.3 is 0 Å². The van der Waals surface area contributed by atoms with Gasteiger partial charge in [-0.05, 0) is 44.0 Å². The summed E-state index contributed by atoms with van der Waals surface area (Å²) >= 11 is 0. The number of nitrogens with one attached hydrogen (secondary N) is 1. The Hall–Kier alpha value is -0.950. The Balaban J connectivity index is 2.01. The number of nitrogens with zero attached hydrogens (tertiary/aromatic N) is 1. The fourth-order valence-electron chi connectivity index (χ4n) is 2.19. The standard InChI is InChI=1S/C14H23N3O2S/c1-11-3-4-12(10-15)9-14(11)20(18,19)16-7-8-17(2)13-5-6-13/h3-4,9,13,16H,5-8,10,15H2,1-2H3. The quantitative estimate of drug-likeness (QED) is 0.781. The van der Waals surface area contributed by atoms with E-state index < -0.39 is 10.0 Å². The second kappa shape index (κ2) is 6.22. The largest absolute Gasteiger partial charge is 0.326 e. The van der Waals surface area contributed by atoms with Crippen molar-refractivity contribution in [1.29, 1.82) is 0 Å². The van der Waals surface area contributed by atoms with Gasteiger partial charge in [-0.1, -0.05) is 12.1 Å². The summed E-state index contributed by atoms with van der Waals surface area (Å²) in [4.78, 5) is 2.53. The summed E-state index contributed by atoms with van der Waals surface area (Å²) in [5, 5.41) is 0. The molecule has 0 saturated heterocycles. The molecule has 0 aliphatic heterocycles. The Kier molecular flexibility index (Phi) is 4.80. The number of nitrogens with two attached hydrogens (primary N) is 1. The molecule has 1 aromatic carbocycles. The zero-order chi connectivity index (χ0) is 14.8. The van der Waals surface area contributed by atoms with E-state index in [0.717, 1.165) is 17.7 Å². The average Bonchev–Trinajstić information content (AvgIpc) is 3.23. The van der Waals surface area contributed by atoms with Crippen LogP contribution in [0.5, 0.6) is 0 Å². The molecule has 0 bridgehead atoms. The summed E-state index contributed by atoms with van der Waals surface area (Å²) in [7, 11) is -1.42. The molecule has 0 aromatic heterocycles. The van der Waals surface area contributed by atoms with Crippen LogP contribution in [-0.4, -0.2) is 39.5 Å². The summed E-state index contributed by atoms with van der Waals surface area (Å²) < 4.78 is 27.3. The Morgan fingerprint density at radius 3 is 2.70 bits per heavy atom. The lowest BCUT2D eigenvalue weighted by atomic mass is 10.1. The van der Waals surface area contributed by atoms with Crippen molar-refractivity contribution < 1.29 is 8.42 Å². The van der Waals surface area contributed by atoms with Crippen molar-refractivity contribution in [3.63, 3.8) is 0 Å². The van der Waals surface area contributed by atoms with E-state index in [1.807, 2.05) is 13.1 Å². The van der Waals surface area contributed by atoms with Gasteiger partial charge in [-0.3, -0.25) is 0 Å². The third-order valence-corrected chi connectivity index (χ3v) is 5.31. The highest BCUT2D eigenvalue weighted by Crippen LogP contribution is 2.24. The normalized spacial score (nSPS) is 15.8. The molecule has 1 fully saturated rings. The minimum atomic E-state index is -3.46. The predicted octanol–water partition coefficient (Wildman–Crippen LogP) is 0.826. The van der Waals surface area contributed by atoms with Crippen molar-refractivity contribution in [2.75, 3.05) is 20.1 Å². The lowest BCUT2D eigenvalue weighted by molar-refractivity contribution is 0.329. The fraction of sp³-hybridized carbons (Fsp3) is 0.571. The maximum absolute atomic E-state index is 12.3. The highest BCUT2D eigenvalue weighted by atomic mass is 32.2. The molecule has 1 aliphatic rings. The molecule has 0 amide bonds. The first-order chi connectivity index (χ1) is 9.44. The minimum Gasteiger partial charge on any atom is -0.326 e. The van der Waals surface area contributed by atoms with E-state index in [9.17, 15) is 8.42 Å². The van der Waals surface area contributed by atoms with Crippen LogP contribution in [0.4, 0.5) is 0 Å². The van der Waals surface area contributed by atoms with Crippen LogP contribution in [-0.2, 0) is 16.6 Å². The van der Waals surface area contributed by atoms with E-state index in [-0.39, 0.29) is 0 Å². The molecule has 1 saturated carbocycles. The topological polar surface area (TPSA) is 75.4 Å². The molecule has 0 spiro atoms. The summed E-state index contributed by atoms with van der Waals surface area (Å²) in [6.45, 7) is 3.31. The molecule has 5 nitrogen and oxygen atoms in total. The summed E-state index contributed by atoms with van der Waals surface area (Å²) in [6, 6.07) is 5.95. The van der Waals surface area contributed by atoms with Crippen LogP contribution in [0.25, 0.3) is 0 Å². The van der Waals surface area contributed by atoms with Crippen LogP contribution in [0.3, 0.4) is 0 Å². The maximum atomic E-state index is 12.3. The molecule has 2 rings (SSSR count). The van der Waals surface area contributed by atoms with Gasteiger partial charge in [0.05, 0.1) is 4.90 Å².